The van der Waals surface area contributed by atoms with Crippen LogP contribution in [0.5, 0.6) is 0 Å². The van der Waals surface area contributed by atoms with Gasteiger partial charge in [0.05, 0.1) is 0 Å². The van der Waals surface area contributed by atoms with Gasteiger partial charge < -0.3 is 0 Å². The molecule has 0 rings (SSSR count). The lowest BCUT2D eigenvalue weighted by Gasteiger charge is -2.22. The predicted octanol–water partition coefficient (Wildman–Crippen LogP) is 6.12. The van der Waals surface area contributed by atoms with Crippen molar-refractivity contribution in [1.82, 2.24) is 0 Å². The van der Waals surface area contributed by atoms with E-state index in [0.29, 0.717) is 3.42 Å². The Kier molecular flexibility index (Phi) is 10.4. The molecule has 0 bridgehead atoms. The average Bonchev–Trinajstić information content (AvgIpc) is 2.20. The van der Waals surface area contributed by atoms with Crippen molar-refractivity contribution in [3.63, 3.8) is 0 Å². The van der Waals surface area contributed by atoms with E-state index in [1.54, 1.807) is 0 Å². The molecule has 0 spiro atoms. The van der Waals surface area contributed by atoms with Gasteiger partial charge in [0.25, 0.3) is 0 Å². The second kappa shape index (κ2) is 9.92. The highest BCUT2D eigenvalue weighted by atomic mass is 127. The summed E-state index contributed by atoms with van der Waals surface area (Å²) in [5.74, 6) is 0. The monoisotopic (exact) mass is 324 g/mol. The maximum absolute atomic E-state index is 2.67. The normalized spacial score (nSPS) is 15.2. The Morgan fingerprint density at radius 3 is 1.80 bits per heavy atom. The van der Waals surface area contributed by atoms with Crippen LogP contribution < -0.4 is 0 Å². The first kappa shape index (κ1) is 15.7. The Labute approximate surface area is 111 Å². The molecule has 92 valence electrons. The van der Waals surface area contributed by atoms with Crippen LogP contribution in [0.4, 0.5) is 0 Å². The summed E-state index contributed by atoms with van der Waals surface area (Å²) < 4.78 is 0.568. The van der Waals surface area contributed by atoms with Gasteiger partial charge in [-0.15, -0.1) is 0 Å². The molecular formula is C14H29I. The fraction of sp³-hybridized carbons (Fsp3) is 1.00. The summed E-state index contributed by atoms with van der Waals surface area (Å²) in [4.78, 5) is 0. The smallest absolute Gasteiger partial charge is 0.0194 e. The van der Waals surface area contributed by atoms with E-state index in [0.717, 1.165) is 0 Å². The number of halogens is 1. The fourth-order valence-corrected chi connectivity index (χ4v) is 2.71. The highest BCUT2D eigenvalue weighted by molar-refractivity contribution is 14.1. The largest absolute Gasteiger partial charge is 0.0792 e. The molecule has 0 fully saturated rings. The van der Waals surface area contributed by atoms with Crippen LogP contribution in [0.1, 0.15) is 85.0 Å². The third-order valence-corrected chi connectivity index (χ3v) is 4.18. The third-order valence-electron chi connectivity index (χ3n) is 3.10. The summed E-state index contributed by atoms with van der Waals surface area (Å²) in [6.07, 6.45) is 14.1. The van der Waals surface area contributed by atoms with Crippen molar-refractivity contribution in [3.8, 4) is 0 Å². The molecule has 15 heavy (non-hydrogen) atoms. The summed E-state index contributed by atoms with van der Waals surface area (Å²) in [7, 11) is 0. The quantitative estimate of drug-likeness (QED) is 0.258. The van der Waals surface area contributed by atoms with E-state index in [9.17, 15) is 0 Å². The van der Waals surface area contributed by atoms with E-state index < -0.39 is 0 Å². The third kappa shape index (κ3) is 11.0. The summed E-state index contributed by atoms with van der Waals surface area (Å²) in [6.45, 7) is 7.00. The van der Waals surface area contributed by atoms with Crippen LogP contribution in [-0.4, -0.2) is 3.42 Å². The van der Waals surface area contributed by atoms with Crippen LogP contribution in [0.15, 0.2) is 0 Å². The van der Waals surface area contributed by atoms with Gasteiger partial charge in [-0.2, -0.15) is 0 Å². The summed E-state index contributed by atoms with van der Waals surface area (Å²) in [5.41, 5.74) is 0. The first-order chi connectivity index (χ1) is 7.12. The first-order valence-electron chi connectivity index (χ1n) is 6.81. The van der Waals surface area contributed by atoms with E-state index in [1.165, 1.54) is 64.2 Å². The molecule has 0 amide bonds. The van der Waals surface area contributed by atoms with E-state index in [1.807, 2.05) is 0 Å². The van der Waals surface area contributed by atoms with Gasteiger partial charge in [-0.05, 0) is 12.8 Å². The van der Waals surface area contributed by atoms with Crippen LogP contribution in [0.3, 0.4) is 0 Å². The fourth-order valence-electron chi connectivity index (χ4n) is 1.94. The average molecular weight is 324 g/mol. The second-order valence-corrected chi connectivity index (χ2v) is 7.64. The molecule has 0 aromatic rings. The van der Waals surface area contributed by atoms with Gasteiger partial charge in [0.15, 0.2) is 0 Å². The molecule has 1 unspecified atom stereocenters. The maximum atomic E-state index is 2.67. The van der Waals surface area contributed by atoms with Crippen LogP contribution in [0.2, 0.25) is 0 Å². The van der Waals surface area contributed by atoms with E-state index >= 15 is 0 Å². The van der Waals surface area contributed by atoms with Crippen LogP contribution >= 0.6 is 22.6 Å². The number of alkyl halides is 1. The minimum absolute atomic E-state index is 0.568. The summed E-state index contributed by atoms with van der Waals surface area (Å²) >= 11 is 2.67. The zero-order chi connectivity index (χ0) is 11.6. The van der Waals surface area contributed by atoms with Crippen LogP contribution in [0, 0.1) is 0 Å². The Hall–Kier alpha value is 0.730. The van der Waals surface area contributed by atoms with E-state index in [2.05, 4.69) is 43.4 Å². The Balaban J connectivity index is 3.32. The number of rotatable bonds is 10. The van der Waals surface area contributed by atoms with Gasteiger partial charge in [0.1, 0.15) is 0 Å². The van der Waals surface area contributed by atoms with Gasteiger partial charge in [0.2, 0.25) is 0 Å². The van der Waals surface area contributed by atoms with Crippen molar-refractivity contribution >= 4 is 22.6 Å². The van der Waals surface area contributed by atoms with E-state index in [-0.39, 0.29) is 0 Å². The zero-order valence-corrected chi connectivity index (χ0v) is 13.1. The summed E-state index contributed by atoms with van der Waals surface area (Å²) in [5, 5.41) is 0. The molecule has 0 aliphatic heterocycles. The van der Waals surface area contributed by atoms with Gasteiger partial charge in [0, 0.05) is 3.42 Å². The maximum Gasteiger partial charge on any atom is 0.0194 e. The summed E-state index contributed by atoms with van der Waals surface area (Å²) in [6, 6.07) is 0. The standard InChI is InChI=1S/C14H29I/c1-4-6-8-9-10-11-13-14(3,15)12-7-5-2/h4-13H2,1-3H3. The number of hydrogen-bond acceptors (Lipinski definition) is 0. The number of hydrogen-bond donors (Lipinski definition) is 0. The zero-order valence-electron chi connectivity index (χ0n) is 10.9. The topological polar surface area (TPSA) is 0 Å². The van der Waals surface area contributed by atoms with Crippen molar-refractivity contribution in [1.29, 1.82) is 0 Å². The van der Waals surface area contributed by atoms with Crippen molar-refractivity contribution in [2.75, 3.05) is 0 Å². The van der Waals surface area contributed by atoms with Gasteiger partial charge >= 0.3 is 0 Å². The van der Waals surface area contributed by atoms with Crippen molar-refractivity contribution in [2.45, 2.75) is 88.4 Å². The minimum atomic E-state index is 0.568. The Morgan fingerprint density at radius 2 is 1.20 bits per heavy atom. The van der Waals surface area contributed by atoms with Crippen LogP contribution in [0.25, 0.3) is 0 Å². The number of unbranched alkanes of at least 4 members (excludes halogenated alkanes) is 6. The predicted molar refractivity (Wildman–Crippen MR) is 79.9 cm³/mol. The Morgan fingerprint density at radius 1 is 0.733 bits per heavy atom. The highest BCUT2D eigenvalue weighted by Gasteiger charge is 2.18. The molecule has 1 atom stereocenters. The lowest BCUT2D eigenvalue weighted by atomic mass is 9.97. The van der Waals surface area contributed by atoms with Crippen molar-refractivity contribution in [2.24, 2.45) is 0 Å². The molecule has 0 heterocycles. The van der Waals surface area contributed by atoms with Gasteiger partial charge in [-0.25, -0.2) is 0 Å². The molecule has 0 nitrogen and oxygen atoms in total. The minimum Gasteiger partial charge on any atom is -0.0792 e. The van der Waals surface area contributed by atoms with E-state index in [4.69, 9.17) is 0 Å². The SMILES string of the molecule is CCCCCCCCC(C)(I)CCCC. The first-order valence-corrected chi connectivity index (χ1v) is 7.89. The molecule has 0 N–H and O–H groups in total. The van der Waals surface area contributed by atoms with Crippen molar-refractivity contribution in [3.05, 3.63) is 0 Å². The highest BCUT2D eigenvalue weighted by Crippen LogP contribution is 2.31. The van der Waals surface area contributed by atoms with Gasteiger partial charge in [-0.1, -0.05) is 94.7 Å². The molecule has 0 aromatic carbocycles. The molecular weight excluding hydrogens is 295 g/mol. The van der Waals surface area contributed by atoms with Crippen LogP contribution in [-0.2, 0) is 0 Å². The molecule has 0 saturated carbocycles. The molecule has 0 saturated heterocycles. The molecule has 0 aromatic heterocycles. The van der Waals surface area contributed by atoms with Crippen molar-refractivity contribution < 1.29 is 0 Å². The lowest BCUT2D eigenvalue weighted by Crippen LogP contribution is -2.14. The molecule has 0 aliphatic carbocycles. The second-order valence-electron chi connectivity index (χ2n) is 5.03. The molecule has 0 radical (unpaired) electrons. The Bertz CT molecular complexity index is 129. The van der Waals surface area contributed by atoms with Gasteiger partial charge in [-0.3, -0.25) is 0 Å². The molecule has 1 heteroatoms. The molecule has 0 aliphatic rings. The lowest BCUT2D eigenvalue weighted by molar-refractivity contribution is 0.497.